The zero-order valence-electron chi connectivity index (χ0n) is 20.8. The van der Waals surface area contributed by atoms with E-state index in [-0.39, 0.29) is 11.5 Å². The Balaban J connectivity index is 1.36. The number of hydrogen-bond donors (Lipinski definition) is 2. The number of nitrogens with zero attached hydrogens (tertiary/aromatic N) is 3. The highest BCUT2D eigenvalue weighted by Crippen LogP contribution is 2.28. The second-order valence-electron chi connectivity index (χ2n) is 9.01. The van der Waals surface area contributed by atoms with Crippen molar-refractivity contribution < 1.29 is 19.4 Å². The van der Waals surface area contributed by atoms with Gasteiger partial charge in [0.25, 0.3) is 5.91 Å². The lowest BCUT2D eigenvalue weighted by molar-refractivity contribution is 0.0698. The average Bonchev–Trinajstić information content (AvgIpc) is 2.92. The molecule has 1 saturated heterocycles. The van der Waals surface area contributed by atoms with Crippen LogP contribution in [0.5, 0.6) is 5.75 Å². The highest BCUT2D eigenvalue weighted by molar-refractivity contribution is 6.08. The van der Waals surface area contributed by atoms with Gasteiger partial charge in [-0.25, -0.2) is 9.78 Å². The first-order valence-electron chi connectivity index (χ1n) is 12.1. The van der Waals surface area contributed by atoms with E-state index >= 15 is 0 Å². The molecule has 1 aliphatic heterocycles. The Kier molecular flexibility index (Phi) is 6.64. The van der Waals surface area contributed by atoms with Crippen LogP contribution in [0.4, 0.5) is 17.2 Å². The number of carboxylic acids is 1. The molecule has 2 N–H and O–H groups in total. The summed E-state index contributed by atoms with van der Waals surface area (Å²) in [6, 6.07) is 22.1. The molecule has 188 valence electrons. The largest absolute Gasteiger partial charge is 0.497 e. The summed E-state index contributed by atoms with van der Waals surface area (Å²) in [6.07, 6.45) is 0. The second-order valence-corrected chi connectivity index (χ2v) is 9.01. The number of methoxy groups -OCH3 is 1. The molecule has 4 aromatic rings. The Morgan fingerprint density at radius 2 is 1.59 bits per heavy atom. The summed E-state index contributed by atoms with van der Waals surface area (Å²) in [5, 5.41) is 13.3. The van der Waals surface area contributed by atoms with Crippen LogP contribution in [-0.4, -0.2) is 55.3 Å². The Morgan fingerprint density at radius 1 is 0.892 bits per heavy atom. The normalized spacial score (nSPS) is 13.5. The van der Waals surface area contributed by atoms with Crippen molar-refractivity contribution in [2.24, 2.45) is 0 Å². The molecule has 0 bridgehead atoms. The van der Waals surface area contributed by atoms with Crippen LogP contribution >= 0.6 is 0 Å². The molecule has 2 heterocycles. The molecular weight excluding hydrogens is 468 g/mol. The number of pyridine rings is 1. The minimum atomic E-state index is -1.03. The molecule has 3 aromatic carbocycles. The maximum Gasteiger partial charge on any atom is 0.336 e. The van der Waals surface area contributed by atoms with Crippen LogP contribution in [0.1, 0.15) is 26.3 Å². The number of aromatic carboxylic acids is 1. The van der Waals surface area contributed by atoms with Crippen LogP contribution in [0, 0.1) is 6.92 Å². The lowest BCUT2D eigenvalue weighted by Gasteiger charge is -2.37. The molecule has 0 atom stereocenters. The van der Waals surface area contributed by atoms with Crippen molar-refractivity contribution >= 4 is 40.0 Å². The van der Waals surface area contributed by atoms with Crippen molar-refractivity contribution in [1.82, 2.24) is 4.98 Å². The number of anilines is 3. The minimum Gasteiger partial charge on any atom is -0.497 e. The molecule has 0 saturated carbocycles. The number of benzene rings is 3. The van der Waals surface area contributed by atoms with Crippen molar-refractivity contribution in [2.45, 2.75) is 6.92 Å². The molecule has 8 nitrogen and oxygen atoms in total. The fourth-order valence-electron chi connectivity index (χ4n) is 4.64. The van der Waals surface area contributed by atoms with Crippen LogP contribution in [0.15, 0.2) is 72.8 Å². The number of ether oxygens (including phenoxy) is 1. The van der Waals surface area contributed by atoms with Crippen molar-refractivity contribution in [3.63, 3.8) is 0 Å². The summed E-state index contributed by atoms with van der Waals surface area (Å²) in [5.74, 6) is 0.180. The van der Waals surface area contributed by atoms with Crippen molar-refractivity contribution in [2.75, 3.05) is 48.4 Å². The first kappa shape index (κ1) is 24.1. The summed E-state index contributed by atoms with van der Waals surface area (Å²) in [5.41, 5.74) is 3.81. The van der Waals surface area contributed by atoms with Crippen LogP contribution in [0.2, 0.25) is 0 Å². The Hall–Kier alpha value is -4.59. The fourth-order valence-corrected chi connectivity index (χ4v) is 4.64. The third-order valence-electron chi connectivity index (χ3n) is 6.71. The highest BCUT2D eigenvalue weighted by Gasteiger charge is 2.21. The van der Waals surface area contributed by atoms with Crippen molar-refractivity contribution in [3.8, 4) is 5.75 Å². The molecule has 37 heavy (non-hydrogen) atoms. The van der Waals surface area contributed by atoms with Gasteiger partial charge in [-0.1, -0.05) is 18.2 Å². The number of amides is 1. The highest BCUT2D eigenvalue weighted by atomic mass is 16.5. The summed E-state index contributed by atoms with van der Waals surface area (Å²) in [7, 11) is 1.65. The van der Waals surface area contributed by atoms with Crippen LogP contribution < -0.4 is 19.9 Å². The van der Waals surface area contributed by atoms with Gasteiger partial charge in [-0.3, -0.25) is 4.79 Å². The molecule has 0 aliphatic carbocycles. The van der Waals surface area contributed by atoms with Gasteiger partial charge in [0.05, 0.1) is 18.2 Å². The van der Waals surface area contributed by atoms with Gasteiger partial charge in [0.1, 0.15) is 11.6 Å². The number of carboxylic acid groups (broad SMARTS) is 1. The van der Waals surface area contributed by atoms with E-state index < -0.39 is 5.97 Å². The van der Waals surface area contributed by atoms with E-state index in [1.165, 1.54) is 0 Å². The zero-order valence-corrected chi connectivity index (χ0v) is 20.8. The molecule has 0 spiro atoms. The quantitative estimate of drug-likeness (QED) is 0.395. The van der Waals surface area contributed by atoms with Crippen molar-refractivity contribution in [1.29, 1.82) is 0 Å². The molecule has 5 rings (SSSR count). The molecule has 1 aliphatic rings. The minimum absolute atomic E-state index is 0.157. The first-order chi connectivity index (χ1) is 17.9. The first-order valence-corrected chi connectivity index (χ1v) is 12.1. The lowest BCUT2D eigenvalue weighted by Crippen LogP contribution is -2.46. The van der Waals surface area contributed by atoms with Gasteiger partial charge in [0.15, 0.2) is 0 Å². The maximum atomic E-state index is 12.8. The van der Waals surface area contributed by atoms with Crippen molar-refractivity contribution in [3.05, 3.63) is 89.5 Å². The average molecular weight is 497 g/mol. The zero-order chi connectivity index (χ0) is 25.9. The molecule has 1 fully saturated rings. The summed E-state index contributed by atoms with van der Waals surface area (Å²) < 4.78 is 5.24. The van der Waals surface area contributed by atoms with Crippen LogP contribution in [0.3, 0.4) is 0 Å². The number of hydrogen-bond acceptors (Lipinski definition) is 6. The van der Waals surface area contributed by atoms with E-state index in [2.05, 4.69) is 15.1 Å². The van der Waals surface area contributed by atoms with E-state index in [4.69, 9.17) is 9.72 Å². The van der Waals surface area contributed by atoms with Gasteiger partial charge in [-0.05, 0) is 67.1 Å². The molecular formula is C29H28N4O4. The standard InChI is InChI=1S/C29H28N4O4/c1-19-5-3-4-6-23(19)28(34)30-20-7-12-26-24(17-20)25(29(35)36)18-27(31-26)33-15-13-32(14-16-33)21-8-10-22(37-2)11-9-21/h3-12,17-18H,13-16H2,1-2H3,(H,30,34)(H,35,36). The Bertz CT molecular complexity index is 1460. The Labute approximate surface area is 215 Å². The number of aryl methyl sites for hydroxylation is 1. The van der Waals surface area contributed by atoms with Gasteiger partial charge in [0.2, 0.25) is 0 Å². The number of carbonyl (C=O) groups is 2. The maximum absolute atomic E-state index is 12.8. The lowest BCUT2D eigenvalue weighted by atomic mass is 10.1. The third kappa shape index (κ3) is 5.04. The number of rotatable bonds is 6. The number of nitrogens with one attached hydrogen (secondary N) is 1. The monoisotopic (exact) mass is 496 g/mol. The SMILES string of the molecule is COc1ccc(N2CCN(c3cc(C(=O)O)c4cc(NC(=O)c5ccccc5C)ccc4n3)CC2)cc1. The van der Waals surface area contributed by atoms with Gasteiger partial charge >= 0.3 is 5.97 Å². The number of aromatic nitrogens is 1. The molecule has 0 unspecified atom stereocenters. The van der Waals surface area contributed by atoms with E-state index in [0.29, 0.717) is 41.1 Å². The molecule has 1 aromatic heterocycles. The van der Waals surface area contributed by atoms with Gasteiger partial charge in [-0.2, -0.15) is 0 Å². The number of carbonyl (C=O) groups excluding carboxylic acids is 1. The summed E-state index contributed by atoms with van der Waals surface area (Å²) in [4.78, 5) is 34.1. The predicted octanol–water partition coefficient (Wildman–Crippen LogP) is 4.83. The number of fused-ring (bicyclic) bond motifs is 1. The smallest absolute Gasteiger partial charge is 0.336 e. The molecule has 0 radical (unpaired) electrons. The van der Waals surface area contributed by atoms with Gasteiger partial charge < -0.3 is 25.0 Å². The van der Waals surface area contributed by atoms with E-state index in [1.807, 2.05) is 49.4 Å². The third-order valence-corrected chi connectivity index (χ3v) is 6.71. The Morgan fingerprint density at radius 3 is 2.27 bits per heavy atom. The van der Waals surface area contributed by atoms with E-state index in [9.17, 15) is 14.7 Å². The van der Waals surface area contributed by atoms with E-state index in [0.717, 1.165) is 30.1 Å². The molecule has 8 heteroatoms. The van der Waals surface area contributed by atoms with Gasteiger partial charge in [-0.15, -0.1) is 0 Å². The van der Waals surface area contributed by atoms with E-state index in [1.54, 1.807) is 37.4 Å². The van der Waals surface area contributed by atoms with Crippen LogP contribution in [0.25, 0.3) is 10.9 Å². The van der Waals surface area contributed by atoms with Gasteiger partial charge in [0, 0.05) is 48.5 Å². The van der Waals surface area contributed by atoms with Crippen LogP contribution in [-0.2, 0) is 0 Å². The topological polar surface area (TPSA) is 95.0 Å². The number of piperazine rings is 1. The second kappa shape index (κ2) is 10.2. The summed E-state index contributed by atoms with van der Waals surface area (Å²) in [6.45, 7) is 4.89. The summed E-state index contributed by atoms with van der Waals surface area (Å²) >= 11 is 0. The molecule has 1 amide bonds. The fraction of sp³-hybridized carbons (Fsp3) is 0.207. The predicted molar refractivity (Wildman–Crippen MR) is 145 cm³/mol.